The molecule has 0 bridgehead atoms. The average Bonchev–Trinajstić information content (AvgIpc) is 2.35. The Kier molecular flexibility index (Phi) is 4.42. The Morgan fingerprint density at radius 1 is 1.05 bits per heavy atom. The minimum absolute atomic E-state index is 0.194. The van der Waals surface area contributed by atoms with E-state index in [1.165, 1.54) is 12.1 Å². The normalized spacial score (nSPS) is 11.4. The molecular weight excluding hydrogens is 319 g/mol. The number of hydrogen-bond acceptors (Lipinski definition) is 3. The number of alkyl halides is 3. The van der Waals surface area contributed by atoms with Crippen LogP contribution in [0, 0.1) is 13.8 Å². The molecule has 0 aliphatic heterocycles. The van der Waals surface area contributed by atoms with Gasteiger partial charge in [0.2, 0.25) is 0 Å². The predicted molar refractivity (Wildman–Crippen MR) is 78.5 cm³/mol. The molecule has 0 aliphatic rings. The number of benzene rings is 2. The van der Waals surface area contributed by atoms with E-state index in [2.05, 4.69) is 4.74 Å². The van der Waals surface area contributed by atoms with E-state index in [0.29, 0.717) is 17.2 Å². The van der Waals surface area contributed by atoms with Gasteiger partial charge in [-0.2, -0.15) is 0 Å². The van der Waals surface area contributed by atoms with Gasteiger partial charge in [0.05, 0.1) is 5.02 Å². The van der Waals surface area contributed by atoms with E-state index in [0.717, 1.165) is 17.2 Å². The third-order valence-corrected chi connectivity index (χ3v) is 3.13. The van der Waals surface area contributed by atoms with Crippen LogP contribution in [-0.4, -0.2) is 6.36 Å². The standard InChI is InChI=1S/C15H13ClF3NO2/c1-8-5-10(20)6-9(2)14(8)21-11-3-4-13(12(16)7-11)22-15(17,18)19/h3-7H,20H2,1-2H3. The van der Waals surface area contributed by atoms with Gasteiger partial charge in [-0.15, -0.1) is 13.2 Å². The molecule has 2 aromatic rings. The van der Waals surface area contributed by atoms with Crippen molar-refractivity contribution < 1.29 is 22.6 Å². The summed E-state index contributed by atoms with van der Waals surface area (Å²) in [6, 6.07) is 7.20. The van der Waals surface area contributed by atoms with Crippen LogP contribution >= 0.6 is 11.6 Å². The fourth-order valence-corrected chi connectivity index (χ4v) is 2.22. The Bertz CT molecular complexity index is 679. The molecule has 7 heteroatoms. The number of rotatable bonds is 3. The second-order valence-corrected chi connectivity index (χ2v) is 5.13. The van der Waals surface area contributed by atoms with Crippen LogP contribution in [0.25, 0.3) is 0 Å². The maximum atomic E-state index is 12.2. The van der Waals surface area contributed by atoms with E-state index in [9.17, 15) is 13.2 Å². The summed E-state index contributed by atoms with van der Waals surface area (Å²) in [5.41, 5.74) is 7.95. The Labute approximate surface area is 130 Å². The van der Waals surface area contributed by atoms with E-state index in [-0.39, 0.29) is 5.02 Å². The van der Waals surface area contributed by atoms with Crippen LogP contribution in [0.3, 0.4) is 0 Å². The zero-order valence-electron chi connectivity index (χ0n) is 11.8. The van der Waals surface area contributed by atoms with Crippen molar-refractivity contribution in [3.05, 3.63) is 46.5 Å². The molecule has 118 valence electrons. The first-order valence-corrected chi connectivity index (χ1v) is 6.63. The van der Waals surface area contributed by atoms with Crippen molar-refractivity contribution >= 4 is 17.3 Å². The van der Waals surface area contributed by atoms with Gasteiger partial charge in [-0.3, -0.25) is 0 Å². The summed E-state index contributed by atoms with van der Waals surface area (Å²) in [5.74, 6) is 0.400. The quantitative estimate of drug-likeness (QED) is 0.783. The fourth-order valence-electron chi connectivity index (χ4n) is 2.02. The zero-order valence-corrected chi connectivity index (χ0v) is 12.5. The van der Waals surface area contributed by atoms with Gasteiger partial charge >= 0.3 is 6.36 Å². The molecule has 22 heavy (non-hydrogen) atoms. The molecular formula is C15H13ClF3NO2. The minimum atomic E-state index is -4.80. The molecule has 0 fully saturated rings. The smallest absolute Gasteiger partial charge is 0.457 e. The molecule has 3 nitrogen and oxygen atoms in total. The lowest BCUT2D eigenvalue weighted by atomic mass is 10.1. The second-order valence-electron chi connectivity index (χ2n) is 4.73. The topological polar surface area (TPSA) is 44.5 Å². The molecule has 0 saturated carbocycles. The molecule has 0 aliphatic carbocycles. The fraction of sp³-hybridized carbons (Fsp3) is 0.200. The third-order valence-electron chi connectivity index (χ3n) is 2.83. The molecule has 0 radical (unpaired) electrons. The lowest BCUT2D eigenvalue weighted by Gasteiger charge is -2.14. The lowest BCUT2D eigenvalue weighted by molar-refractivity contribution is -0.274. The van der Waals surface area contributed by atoms with Crippen LogP contribution in [0.5, 0.6) is 17.2 Å². The number of halogens is 4. The van der Waals surface area contributed by atoms with Crippen molar-refractivity contribution in [2.45, 2.75) is 20.2 Å². The Morgan fingerprint density at radius 3 is 2.14 bits per heavy atom. The number of anilines is 1. The highest BCUT2D eigenvalue weighted by Gasteiger charge is 2.32. The number of ether oxygens (including phenoxy) is 2. The molecule has 2 rings (SSSR count). The number of nitrogen functional groups attached to an aromatic ring is 1. The number of hydrogen-bond donors (Lipinski definition) is 1. The Morgan fingerprint density at radius 2 is 1.64 bits per heavy atom. The third kappa shape index (κ3) is 3.98. The molecule has 0 atom stereocenters. The summed E-state index contributed by atoms with van der Waals surface area (Å²) < 4.78 is 46.0. The maximum Gasteiger partial charge on any atom is 0.573 e. The molecule has 0 amide bonds. The molecule has 0 aromatic heterocycles. The van der Waals surface area contributed by atoms with Crippen LogP contribution in [0.1, 0.15) is 11.1 Å². The maximum absolute atomic E-state index is 12.2. The zero-order chi connectivity index (χ0) is 16.5. The van der Waals surface area contributed by atoms with Gasteiger partial charge in [0, 0.05) is 11.8 Å². The van der Waals surface area contributed by atoms with E-state index in [1.807, 2.05) is 13.8 Å². The number of nitrogens with two attached hydrogens (primary N) is 1. The molecule has 0 spiro atoms. The van der Waals surface area contributed by atoms with E-state index in [4.69, 9.17) is 22.1 Å². The summed E-state index contributed by atoms with van der Waals surface area (Å²) >= 11 is 5.78. The van der Waals surface area contributed by atoms with Crippen molar-refractivity contribution in [1.82, 2.24) is 0 Å². The first kappa shape index (κ1) is 16.3. The number of aryl methyl sites for hydroxylation is 2. The summed E-state index contributed by atoms with van der Waals surface area (Å²) in [6.45, 7) is 3.64. The van der Waals surface area contributed by atoms with Crippen molar-refractivity contribution in [1.29, 1.82) is 0 Å². The monoisotopic (exact) mass is 331 g/mol. The van der Waals surface area contributed by atoms with Gasteiger partial charge in [-0.25, -0.2) is 0 Å². The molecule has 0 unspecified atom stereocenters. The van der Waals surface area contributed by atoms with Crippen molar-refractivity contribution in [3.63, 3.8) is 0 Å². The molecule has 2 aromatic carbocycles. The van der Waals surface area contributed by atoms with E-state index in [1.54, 1.807) is 12.1 Å². The Hall–Kier alpha value is -2.08. The van der Waals surface area contributed by atoms with Crippen LogP contribution in [0.2, 0.25) is 5.02 Å². The highest BCUT2D eigenvalue weighted by Crippen LogP contribution is 2.36. The van der Waals surface area contributed by atoms with Gasteiger partial charge in [-0.1, -0.05) is 11.6 Å². The van der Waals surface area contributed by atoms with Crippen LogP contribution in [-0.2, 0) is 0 Å². The van der Waals surface area contributed by atoms with Gasteiger partial charge < -0.3 is 15.2 Å². The van der Waals surface area contributed by atoms with E-state index < -0.39 is 12.1 Å². The van der Waals surface area contributed by atoms with E-state index >= 15 is 0 Å². The van der Waals surface area contributed by atoms with Crippen molar-refractivity contribution in [2.24, 2.45) is 0 Å². The minimum Gasteiger partial charge on any atom is -0.457 e. The van der Waals surface area contributed by atoms with Gasteiger partial charge in [-0.05, 0) is 49.2 Å². The van der Waals surface area contributed by atoms with Crippen molar-refractivity contribution in [3.8, 4) is 17.2 Å². The highest BCUT2D eigenvalue weighted by molar-refractivity contribution is 6.32. The summed E-state index contributed by atoms with van der Waals surface area (Å²) in [7, 11) is 0. The molecule has 0 saturated heterocycles. The lowest BCUT2D eigenvalue weighted by Crippen LogP contribution is -2.17. The van der Waals surface area contributed by atoms with Gasteiger partial charge in [0.15, 0.2) is 0 Å². The largest absolute Gasteiger partial charge is 0.573 e. The Balaban J connectivity index is 2.27. The summed E-state index contributed by atoms with van der Waals surface area (Å²) in [6.07, 6.45) is -4.80. The predicted octanol–water partition coefficient (Wildman–Crippen LogP) is 5.23. The van der Waals surface area contributed by atoms with Crippen LogP contribution in [0.4, 0.5) is 18.9 Å². The molecule has 0 heterocycles. The first-order chi connectivity index (χ1) is 10.2. The van der Waals surface area contributed by atoms with Crippen molar-refractivity contribution in [2.75, 3.05) is 5.73 Å². The second kappa shape index (κ2) is 5.96. The first-order valence-electron chi connectivity index (χ1n) is 6.25. The SMILES string of the molecule is Cc1cc(N)cc(C)c1Oc1ccc(OC(F)(F)F)c(Cl)c1. The highest BCUT2D eigenvalue weighted by atomic mass is 35.5. The van der Waals surface area contributed by atoms with Crippen LogP contribution in [0.15, 0.2) is 30.3 Å². The summed E-state index contributed by atoms with van der Waals surface area (Å²) in [5, 5.41) is -0.194. The summed E-state index contributed by atoms with van der Waals surface area (Å²) in [4.78, 5) is 0. The van der Waals surface area contributed by atoms with Gasteiger partial charge in [0.25, 0.3) is 0 Å². The molecule has 2 N–H and O–H groups in total. The van der Waals surface area contributed by atoms with Gasteiger partial charge in [0.1, 0.15) is 17.2 Å². The van der Waals surface area contributed by atoms with Crippen LogP contribution < -0.4 is 15.2 Å². The average molecular weight is 332 g/mol.